The van der Waals surface area contributed by atoms with E-state index < -0.39 is 8.32 Å². The van der Waals surface area contributed by atoms with Crippen LogP contribution in [0.2, 0.25) is 23.3 Å². The monoisotopic (exact) mass is 568 g/mol. The number of para-hydroxylation sites is 1. The van der Waals surface area contributed by atoms with Crippen LogP contribution in [0.15, 0.2) is 59.3 Å². The summed E-state index contributed by atoms with van der Waals surface area (Å²) in [5.41, 5.74) is 5.11. The first kappa shape index (κ1) is 28.5. The molecule has 0 radical (unpaired) electrons. The summed E-state index contributed by atoms with van der Waals surface area (Å²) in [6, 6.07) is 16.6. The van der Waals surface area contributed by atoms with Gasteiger partial charge in [-0.3, -0.25) is 0 Å². The minimum absolute atomic E-state index is 0.123. The number of aromatic nitrogens is 4. The zero-order chi connectivity index (χ0) is 27.5. The van der Waals surface area contributed by atoms with Gasteiger partial charge in [-0.05, 0) is 54.0 Å². The van der Waals surface area contributed by atoms with Crippen molar-refractivity contribution in [2.45, 2.75) is 78.2 Å². The fourth-order valence-corrected chi connectivity index (χ4v) is 5.44. The first-order chi connectivity index (χ1) is 18.0. The third kappa shape index (κ3) is 6.20. The molecule has 202 valence electrons. The van der Waals surface area contributed by atoms with Crippen molar-refractivity contribution in [2.75, 3.05) is 0 Å². The highest BCUT2D eigenvalue weighted by Gasteiger charge is 2.37. The Hall–Kier alpha value is -2.52. The topological polar surface area (TPSA) is 58.0 Å². The standard InChI is InChI=1S/C29H37ClN4O2SSi/c1-7-8-13-26-32-27(30)25(19-36-38(5,6)29(2,3)4)33(26)18-21-14-16-22(17-15-21)23-11-9-10-12-24(23)34-28(37)35-20-31-34/h9-12,14-17,20H,7-8,13,18-19H2,1-6H3. The molecule has 9 heteroatoms. The summed E-state index contributed by atoms with van der Waals surface area (Å²) in [5, 5.41) is 4.92. The molecule has 2 aromatic carbocycles. The maximum absolute atomic E-state index is 6.70. The molecule has 0 N–H and O–H groups in total. The molecule has 0 saturated heterocycles. The summed E-state index contributed by atoms with van der Waals surface area (Å²) < 4.78 is 15.7. The van der Waals surface area contributed by atoms with Gasteiger partial charge in [0.05, 0.1) is 18.0 Å². The zero-order valence-electron chi connectivity index (χ0n) is 23.1. The van der Waals surface area contributed by atoms with E-state index in [1.807, 2.05) is 18.2 Å². The summed E-state index contributed by atoms with van der Waals surface area (Å²) in [7, 11) is -1.94. The van der Waals surface area contributed by atoms with Gasteiger partial charge in [-0.25, -0.2) is 4.98 Å². The number of hydrogen-bond donors (Lipinski definition) is 0. The Morgan fingerprint density at radius 2 is 1.79 bits per heavy atom. The second-order valence-corrected chi connectivity index (χ2v) is 16.7. The lowest BCUT2D eigenvalue weighted by atomic mass is 10.0. The van der Waals surface area contributed by atoms with Gasteiger partial charge < -0.3 is 13.4 Å². The van der Waals surface area contributed by atoms with Gasteiger partial charge in [-0.15, -0.1) is 5.10 Å². The average Bonchev–Trinajstić information content (AvgIpc) is 3.43. The van der Waals surface area contributed by atoms with Gasteiger partial charge in [0.2, 0.25) is 6.39 Å². The fourth-order valence-electron chi connectivity index (χ4n) is 4.07. The van der Waals surface area contributed by atoms with Crippen LogP contribution in [0.3, 0.4) is 0 Å². The third-order valence-electron chi connectivity index (χ3n) is 7.46. The molecule has 0 fully saturated rings. The van der Waals surface area contributed by atoms with Crippen LogP contribution in [0.1, 0.15) is 57.6 Å². The Morgan fingerprint density at radius 3 is 2.42 bits per heavy atom. The van der Waals surface area contributed by atoms with Crippen LogP contribution in [-0.2, 0) is 24.0 Å². The molecule has 4 rings (SSSR count). The number of imidazole rings is 1. The maximum Gasteiger partial charge on any atom is 0.291 e. The summed E-state index contributed by atoms with van der Waals surface area (Å²) in [6.07, 6.45) is 4.42. The molecule has 4 aromatic rings. The van der Waals surface area contributed by atoms with Crippen molar-refractivity contribution < 1.29 is 8.84 Å². The molecule has 0 atom stereocenters. The van der Waals surface area contributed by atoms with Crippen molar-refractivity contribution in [2.24, 2.45) is 0 Å². The highest BCUT2D eigenvalue weighted by molar-refractivity contribution is 7.71. The van der Waals surface area contributed by atoms with E-state index in [0.717, 1.165) is 47.6 Å². The molecule has 0 aliphatic carbocycles. The highest BCUT2D eigenvalue weighted by Crippen LogP contribution is 2.37. The largest absolute Gasteiger partial charge is 0.417 e. The molecule has 6 nitrogen and oxygen atoms in total. The second kappa shape index (κ2) is 11.7. The molecule has 0 saturated carbocycles. The van der Waals surface area contributed by atoms with E-state index in [1.54, 1.807) is 4.68 Å². The SMILES string of the molecule is CCCCc1nc(Cl)c(CO[Si](C)(C)C(C)(C)C)n1Cc1ccc(-c2ccccc2-n2ncoc2=S)cc1. The number of hydrogen-bond acceptors (Lipinski definition) is 5. The molecular formula is C29H37ClN4O2SSi. The number of rotatable bonds is 10. The van der Waals surface area contributed by atoms with E-state index in [2.05, 4.69) is 80.8 Å². The van der Waals surface area contributed by atoms with E-state index >= 15 is 0 Å². The molecule has 0 amide bonds. The first-order valence-electron chi connectivity index (χ1n) is 13.1. The van der Waals surface area contributed by atoms with Gasteiger partial charge in [0.25, 0.3) is 4.84 Å². The zero-order valence-corrected chi connectivity index (χ0v) is 25.7. The Bertz CT molecular complexity index is 1430. The number of halogens is 1. The molecule has 0 unspecified atom stereocenters. The van der Waals surface area contributed by atoms with Crippen LogP contribution in [-0.4, -0.2) is 27.6 Å². The Labute approximate surface area is 236 Å². The van der Waals surface area contributed by atoms with E-state index in [-0.39, 0.29) is 5.04 Å². The van der Waals surface area contributed by atoms with Gasteiger partial charge in [0.1, 0.15) is 5.82 Å². The molecule has 2 heterocycles. The molecule has 0 aliphatic rings. The summed E-state index contributed by atoms with van der Waals surface area (Å²) in [4.78, 5) is 5.07. The minimum Gasteiger partial charge on any atom is -0.417 e. The molecule has 0 spiro atoms. The van der Waals surface area contributed by atoms with Gasteiger partial charge in [-0.1, -0.05) is 88.2 Å². The number of unbranched alkanes of at least 4 members (excludes halogenated alkanes) is 1. The average molecular weight is 569 g/mol. The number of aryl methyl sites for hydroxylation is 1. The summed E-state index contributed by atoms with van der Waals surface area (Å²) >= 11 is 12.0. The summed E-state index contributed by atoms with van der Waals surface area (Å²) in [6.45, 7) is 14.6. The molecular weight excluding hydrogens is 532 g/mol. The second-order valence-electron chi connectivity index (χ2n) is 11.1. The number of nitrogens with zero attached hydrogens (tertiary/aromatic N) is 4. The van der Waals surface area contributed by atoms with Crippen molar-refractivity contribution >= 4 is 32.1 Å². The van der Waals surface area contributed by atoms with Crippen LogP contribution < -0.4 is 0 Å². The van der Waals surface area contributed by atoms with E-state index in [9.17, 15) is 0 Å². The van der Waals surface area contributed by atoms with Gasteiger partial charge >= 0.3 is 0 Å². The molecule has 0 aliphatic heterocycles. The minimum atomic E-state index is -1.94. The van der Waals surface area contributed by atoms with Crippen LogP contribution in [0.25, 0.3) is 16.8 Å². The lowest BCUT2D eigenvalue weighted by Gasteiger charge is -2.36. The van der Waals surface area contributed by atoms with Gasteiger partial charge in [0.15, 0.2) is 13.5 Å². The van der Waals surface area contributed by atoms with Crippen molar-refractivity contribution in [1.82, 2.24) is 19.3 Å². The quantitative estimate of drug-likeness (QED) is 0.141. The smallest absolute Gasteiger partial charge is 0.291 e. The van der Waals surface area contributed by atoms with Gasteiger partial charge in [0, 0.05) is 18.5 Å². The third-order valence-corrected chi connectivity index (χ3v) is 12.5. The van der Waals surface area contributed by atoms with E-state index in [1.165, 1.54) is 12.0 Å². The predicted molar refractivity (Wildman–Crippen MR) is 159 cm³/mol. The Kier molecular flexibility index (Phi) is 8.77. The van der Waals surface area contributed by atoms with Crippen LogP contribution in [0.5, 0.6) is 0 Å². The predicted octanol–water partition coefficient (Wildman–Crippen LogP) is 8.62. The lowest BCUT2D eigenvalue weighted by Crippen LogP contribution is -2.40. The van der Waals surface area contributed by atoms with Crippen molar-refractivity contribution in [3.8, 4) is 16.8 Å². The van der Waals surface area contributed by atoms with Crippen LogP contribution >= 0.6 is 23.8 Å². The van der Waals surface area contributed by atoms with Crippen molar-refractivity contribution in [1.29, 1.82) is 0 Å². The Balaban J connectivity index is 1.63. The van der Waals surface area contributed by atoms with Crippen LogP contribution in [0.4, 0.5) is 0 Å². The highest BCUT2D eigenvalue weighted by atomic mass is 35.5. The lowest BCUT2D eigenvalue weighted by molar-refractivity contribution is 0.267. The van der Waals surface area contributed by atoms with Crippen molar-refractivity contribution in [3.63, 3.8) is 0 Å². The summed E-state index contributed by atoms with van der Waals surface area (Å²) in [5.74, 6) is 1.01. The van der Waals surface area contributed by atoms with E-state index in [4.69, 9.17) is 37.6 Å². The van der Waals surface area contributed by atoms with Gasteiger partial charge in [-0.2, -0.15) is 4.68 Å². The maximum atomic E-state index is 6.70. The van der Waals surface area contributed by atoms with E-state index in [0.29, 0.717) is 23.1 Å². The van der Waals surface area contributed by atoms with Crippen LogP contribution in [0, 0.1) is 4.84 Å². The normalized spacial score (nSPS) is 12.3. The number of benzene rings is 2. The first-order valence-corrected chi connectivity index (χ1v) is 16.8. The Morgan fingerprint density at radius 1 is 1.08 bits per heavy atom. The molecule has 38 heavy (non-hydrogen) atoms. The molecule has 0 bridgehead atoms. The fraction of sp³-hybridized carbons (Fsp3) is 0.414. The molecule has 2 aromatic heterocycles. The van der Waals surface area contributed by atoms with Crippen molar-refractivity contribution in [3.05, 3.63) is 82.0 Å².